The van der Waals surface area contributed by atoms with Gasteiger partial charge in [-0.25, -0.2) is 0 Å². The van der Waals surface area contributed by atoms with Crippen molar-refractivity contribution in [2.24, 2.45) is 28.3 Å². The number of nitrogens with zero attached hydrogens (tertiary/aromatic N) is 2. The molecule has 2 aliphatic rings. The third-order valence-corrected chi connectivity index (χ3v) is 8.18. The second-order valence-corrected chi connectivity index (χ2v) is 11.2. The van der Waals surface area contributed by atoms with Gasteiger partial charge in [-0.15, -0.1) is 0 Å². The van der Waals surface area contributed by atoms with E-state index in [0.29, 0.717) is 62.9 Å². The van der Waals surface area contributed by atoms with Crippen molar-refractivity contribution < 1.29 is 29.3 Å². The molecule has 6 N–H and O–H groups in total. The average Bonchev–Trinajstić information content (AvgIpc) is 3.22. The van der Waals surface area contributed by atoms with E-state index in [0.717, 1.165) is 31.2 Å². The van der Waals surface area contributed by atoms with Crippen molar-refractivity contribution in [1.29, 1.82) is 0 Å². The first-order valence-corrected chi connectivity index (χ1v) is 14.1. The number of guanidine groups is 1. The van der Waals surface area contributed by atoms with Gasteiger partial charge < -0.3 is 36.1 Å². The topological polar surface area (TPSA) is 161 Å². The number of phenols is 1. The molecule has 10 nitrogen and oxygen atoms in total. The Hall–Kier alpha value is -3.01. The van der Waals surface area contributed by atoms with Crippen LogP contribution in [0.3, 0.4) is 0 Å². The van der Waals surface area contributed by atoms with Gasteiger partial charge in [-0.05, 0) is 62.0 Å². The number of carbonyl (C=O) groups is 2. The molecule has 1 aliphatic heterocycles. The summed E-state index contributed by atoms with van der Waals surface area (Å²) in [6, 6.07) is 3.68. The Bertz CT molecular complexity index is 1030. The Morgan fingerprint density at radius 1 is 1.28 bits per heavy atom. The van der Waals surface area contributed by atoms with E-state index in [1.165, 1.54) is 14.0 Å². The van der Waals surface area contributed by atoms with E-state index in [-0.39, 0.29) is 42.0 Å². The third-order valence-electron chi connectivity index (χ3n) is 8.18. The smallest absolute Gasteiger partial charge is 0.303 e. The molecule has 1 aromatic rings. The molecule has 0 spiro atoms. The van der Waals surface area contributed by atoms with Gasteiger partial charge in [0.05, 0.1) is 13.2 Å². The van der Waals surface area contributed by atoms with Gasteiger partial charge in [-0.3, -0.25) is 14.6 Å². The van der Waals surface area contributed by atoms with Crippen molar-refractivity contribution in [2.75, 3.05) is 20.2 Å². The number of likely N-dealkylation sites (tertiary alicyclic amines) is 1. The van der Waals surface area contributed by atoms with Crippen molar-refractivity contribution in [3.8, 4) is 11.5 Å². The van der Waals surface area contributed by atoms with Gasteiger partial charge in [-0.2, -0.15) is 0 Å². The lowest BCUT2D eigenvalue weighted by atomic mass is 9.72. The van der Waals surface area contributed by atoms with Gasteiger partial charge >= 0.3 is 5.97 Å². The largest absolute Gasteiger partial charge is 0.504 e. The van der Waals surface area contributed by atoms with Crippen LogP contribution in [0.2, 0.25) is 0 Å². The summed E-state index contributed by atoms with van der Waals surface area (Å²) in [4.78, 5) is 30.5. The number of methoxy groups -OCH3 is 1. The minimum absolute atomic E-state index is 0.0135. The molecule has 1 saturated carbocycles. The summed E-state index contributed by atoms with van der Waals surface area (Å²) in [6.07, 6.45) is 6.84. The monoisotopic (exact) mass is 546 g/mol. The Morgan fingerprint density at radius 3 is 2.69 bits per heavy atom. The number of unbranched alkanes of at least 4 members (excludes halogenated alkanes) is 1. The molecule has 0 radical (unpaired) electrons. The van der Waals surface area contributed by atoms with Crippen molar-refractivity contribution in [3.05, 3.63) is 23.3 Å². The number of hydrogen-bond donors (Lipinski definition) is 4. The Kier molecular flexibility index (Phi) is 10.9. The fraction of sp³-hybridized carbons (Fsp3) is 0.690. The number of aliphatic hydroxyl groups is 1. The van der Waals surface area contributed by atoms with Crippen molar-refractivity contribution in [3.63, 3.8) is 0 Å². The number of carbonyl (C=O) groups excluding carboxylic acids is 2. The molecule has 39 heavy (non-hydrogen) atoms. The second kappa shape index (κ2) is 13.9. The molecule has 2 fully saturated rings. The van der Waals surface area contributed by atoms with Crippen LogP contribution in [-0.4, -0.2) is 64.9 Å². The number of phenolic OH excluding ortho intramolecular Hbond substituents is 1. The lowest BCUT2D eigenvalue weighted by molar-refractivity contribution is -0.168. The summed E-state index contributed by atoms with van der Waals surface area (Å²) in [6.45, 7) is 4.86. The van der Waals surface area contributed by atoms with Gasteiger partial charge in [0.1, 0.15) is 5.60 Å². The molecule has 4 unspecified atom stereocenters. The van der Waals surface area contributed by atoms with Gasteiger partial charge in [0.2, 0.25) is 5.91 Å². The predicted octanol–water partition coefficient (Wildman–Crippen LogP) is 3.00. The van der Waals surface area contributed by atoms with Crippen LogP contribution in [0.15, 0.2) is 17.1 Å². The molecule has 10 heteroatoms. The Balaban J connectivity index is 1.71. The fourth-order valence-corrected chi connectivity index (χ4v) is 6.07. The van der Waals surface area contributed by atoms with Crippen molar-refractivity contribution in [1.82, 2.24) is 4.90 Å². The maximum Gasteiger partial charge on any atom is 0.303 e. The van der Waals surface area contributed by atoms with E-state index >= 15 is 0 Å². The lowest BCUT2D eigenvalue weighted by Crippen LogP contribution is -2.45. The van der Waals surface area contributed by atoms with Crippen LogP contribution < -0.4 is 16.2 Å². The summed E-state index contributed by atoms with van der Waals surface area (Å²) in [5.41, 5.74) is 11.6. The van der Waals surface area contributed by atoms with Crippen LogP contribution in [0.5, 0.6) is 11.5 Å². The number of hydrogen-bond acceptors (Lipinski definition) is 7. The Morgan fingerprint density at radius 2 is 2.05 bits per heavy atom. The first-order chi connectivity index (χ1) is 18.6. The number of benzene rings is 1. The highest BCUT2D eigenvalue weighted by Gasteiger charge is 2.42. The highest BCUT2D eigenvalue weighted by atomic mass is 16.6. The summed E-state index contributed by atoms with van der Waals surface area (Å²) >= 11 is 0. The molecule has 0 bridgehead atoms. The zero-order valence-corrected chi connectivity index (χ0v) is 23.7. The predicted molar refractivity (Wildman–Crippen MR) is 149 cm³/mol. The highest BCUT2D eigenvalue weighted by Crippen LogP contribution is 2.41. The Labute approximate surface area is 231 Å². The molecular formula is C29H46N4O6. The molecule has 4 atom stereocenters. The minimum Gasteiger partial charge on any atom is -0.504 e. The molecule has 1 amide bonds. The lowest BCUT2D eigenvalue weighted by Gasteiger charge is -2.42. The molecule has 1 aliphatic carbocycles. The number of aryl methyl sites for hydroxylation is 1. The van der Waals surface area contributed by atoms with Gasteiger partial charge in [0.15, 0.2) is 17.5 Å². The molecular weight excluding hydrogens is 500 g/mol. The van der Waals surface area contributed by atoms with E-state index in [1.54, 1.807) is 11.0 Å². The minimum atomic E-state index is -0.729. The number of nitrogens with two attached hydrogens (primary N) is 2. The second-order valence-electron chi connectivity index (χ2n) is 11.2. The van der Waals surface area contributed by atoms with E-state index in [4.69, 9.17) is 20.9 Å². The number of aliphatic imine (C=N–C) groups is 1. The first-order valence-electron chi connectivity index (χ1n) is 14.1. The number of esters is 1. The average molecular weight is 547 g/mol. The van der Waals surface area contributed by atoms with Crippen LogP contribution in [0.25, 0.3) is 0 Å². The summed E-state index contributed by atoms with van der Waals surface area (Å²) in [5.74, 6) is 0.448. The molecule has 1 heterocycles. The van der Waals surface area contributed by atoms with E-state index in [2.05, 4.69) is 11.9 Å². The quantitative estimate of drug-likeness (QED) is 0.167. The first kappa shape index (κ1) is 30.5. The number of aromatic hydroxyl groups is 1. The normalized spacial score (nSPS) is 25.0. The highest BCUT2D eigenvalue weighted by molar-refractivity contribution is 5.79. The van der Waals surface area contributed by atoms with Crippen LogP contribution >= 0.6 is 0 Å². The number of rotatable bonds is 13. The van der Waals surface area contributed by atoms with Gasteiger partial charge in [-0.1, -0.05) is 25.8 Å². The van der Waals surface area contributed by atoms with Gasteiger partial charge in [0.25, 0.3) is 0 Å². The number of amides is 1. The molecule has 218 valence electrons. The fourth-order valence-electron chi connectivity index (χ4n) is 6.07. The molecule has 3 rings (SSSR count). The third kappa shape index (κ3) is 8.49. The zero-order valence-electron chi connectivity index (χ0n) is 23.7. The zero-order chi connectivity index (χ0) is 28.6. The van der Waals surface area contributed by atoms with Crippen molar-refractivity contribution >= 4 is 17.8 Å². The maximum atomic E-state index is 12.7. The standard InChI is InChI=1S/C29H46N4O6/c1-4-5-6-22-8-11-29(16-24(22)35,39-19(2)34)10-7-20-13-23(27(37)25(14-20)38-3)18-33-17-21(15-26(33)36)9-12-32-28(30)31/h13-14,21-22,24,35,37H,4-12,15-18H2,1-3H3,(H4,30,31,32). The van der Waals surface area contributed by atoms with Crippen LogP contribution in [-0.2, 0) is 27.3 Å². The molecule has 1 saturated heterocycles. The van der Waals surface area contributed by atoms with E-state index in [1.807, 2.05) is 6.07 Å². The SMILES string of the molecule is CCCCC1CCC(CCc2cc(CN3CC(CCN=C(N)N)CC3=O)c(O)c(OC)c2)(OC(C)=O)CC1O. The number of ether oxygens (including phenoxy) is 2. The van der Waals surface area contributed by atoms with Crippen LogP contribution in [0.1, 0.15) is 82.8 Å². The summed E-state index contributed by atoms with van der Waals surface area (Å²) in [5, 5.41) is 21.7. The molecule has 1 aromatic carbocycles. The molecule has 0 aromatic heterocycles. The van der Waals surface area contributed by atoms with Crippen molar-refractivity contribution in [2.45, 2.75) is 96.3 Å². The van der Waals surface area contributed by atoms with Crippen LogP contribution in [0, 0.1) is 11.8 Å². The van der Waals surface area contributed by atoms with Gasteiger partial charge in [0, 0.05) is 45.0 Å². The maximum absolute atomic E-state index is 12.7. The van der Waals surface area contributed by atoms with E-state index in [9.17, 15) is 19.8 Å². The summed E-state index contributed by atoms with van der Waals surface area (Å²) in [7, 11) is 1.50. The summed E-state index contributed by atoms with van der Waals surface area (Å²) < 4.78 is 11.3. The van der Waals surface area contributed by atoms with E-state index < -0.39 is 11.7 Å². The van der Waals surface area contributed by atoms with Crippen LogP contribution in [0.4, 0.5) is 0 Å². The number of aliphatic hydroxyl groups excluding tert-OH is 1.